The van der Waals surface area contributed by atoms with Gasteiger partial charge in [0.15, 0.2) is 12.1 Å². The Kier molecular flexibility index (Phi) is 15.1. The largest absolute Gasteiger partial charge is 0.459 e. The number of aliphatic hydroxyl groups is 4. The molecule has 294 valence electrons. The molecule has 2 fully saturated rings. The first-order valence-electron chi connectivity index (χ1n) is 18.1. The Morgan fingerprint density at radius 3 is 2.17 bits per heavy atom. The van der Waals surface area contributed by atoms with Gasteiger partial charge in [0.25, 0.3) is 0 Å². The molecule has 13 atom stereocenters. The third kappa shape index (κ3) is 9.83. The average Bonchev–Trinajstić information content (AvgIpc) is 3.10. The van der Waals surface area contributed by atoms with E-state index < -0.39 is 77.5 Å². The molecular formula is C38H62N4O10. The number of hydrogen-bond donors (Lipinski definition) is 4. The van der Waals surface area contributed by atoms with E-state index in [1.54, 1.807) is 27.7 Å². The van der Waals surface area contributed by atoms with Crippen molar-refractivity contribution in [3.63, 3.8) is 0 Å². The van der Waals surface area contributed by atoms with Crippen molar-refractivity contribution in [2.45, 2.75) is 128 Å². The molecule has 14 nitrogen and oxygen atoms in total. The van der Waals surface area contributed by atoms with E-state index in [0.29, 0.717) is 6.42 Å². The van der Waals surface area contributed by atoms with E-state index >= 15 is 0 Å². The molecule has 0 bridgehead atoms. The van der Waals surface area contributed by atoms with Crippen LogP contribution in [0.3, 0.4) is 0 Å². The van der Waals surface area contributed by atoms with E-state index in [-0.39, 0.29) is 30.7 Å². The maximum Gasteiger partial charge on any atom is 0.316 e. The van der Waals surface area contributed by atoms with Gasteiger partial charge in [-0.05, 0) is 78.7 Å². The first-order valence-corrected chi connectivity index (χ1v) is 18.1. The standard InChI is InChI=1S/C38H62N4O10/c1-13-28-38(7,48)33(46)32(45)29(40-39-20-25-14-16-26(17-15-25)41(8)9)21(2)19-37(6,49-12)34(23(4)30(43)24(5)35(47)51-28)52-36-31(44)27(42(10)11)18-22(3)50-36/h14-17,20-24,27-28,31-34,36,44-46,48H,13,18-19H2,1-12H3/b39-20-,40-29-/t21-,22-,23+,24-,27+,28-,31-,32+,33-,34?,36+,37-,38-/m1/s1. The predicted octanol–water partition coefficient (Wildman–Crippen LogP) is 2.42. The number of ether oxygens (including phenoxy) is 4. The zero-order valence-electron chi connectivity index (χ0n) is 32.9. The predicted molar refractivity (Wildman–Crippen MR) is 198 cm³/mol. The molecule has 0 radical (unpaired) electrons. The lowest BCUT2D eigenvalue weighted by molar-refractivity contribution is -0.295. The highest BCUT2D eigenvalue weighted by molar-refractivity contribution is 6.00. The van der Waals surface area contributed by atoms with Gasteiger partial charge in [0, 0.05) is 44.8 Å². The van der Waals surface area contributed by atoms with Crippen LogP contribution >= 0.6 is 0 Å². The molecule has 2 aliphatic heterocycles. The minimum absolute atomic E-state index is 0.0109. The second-order valence-electron chi connectivity index (χ2n) is 15.4. The molecule has 0 aromatic heterocycles. The number of benzene rings is 1. The van der Waals surface area contributed by atoms with Gasteiger partial charge in [-0.3, -0.25) is 9.59 Å². The summed E-state index contributed by atoms with van der Waals surface area (Å²) in [5.74, 6) is -4.41. The number of carbonyl (C=O) groups excluding carboxylic acids is 2. The third-order valence-electron chi connectivity index (χ3n) is 10.8. The highest BCUT2D eigenvalue weighted by Gasteiger charge is 2.52. The van der Waals surface area contributed by atoms with Gasteiger partial charge in [0.05, 0.1) is 29.7 Å². The van der Waals surface area contributed by atoms with Crippen LogP contribution in [0.1, 0.15) is 73.3 Å². The fourth-order valence-electron chi connectivity index (χ4n) is 7.28. The molecule has 2 heterocycles. The van der Waals surface area contributed by atoms with Crippen molar-refractivity contribution < 1.29 is 49.0 Å². The number of nitrogens with zero attached hydrogens (tertiary/aromatic N) is 4. The van der Waals surface area contributed by atoms with Gasteiger partial charge in [-0.15, -0.1) is 0 Å². The quantitative estimate of drug-likeness (QED) is 0.133. The first-order chi connectivity index (χ1) is 24.2. The lowest BCUT2D eigenvalue weighted by Gasteiger charge is -2.47. The summed E-state index contributed by atoms with van der Waals surface area (Å²) < 4.78 is 24.5. The first kappa shape index (κ1) is 43.6. The Morgan fingerprint density at radius 2 is 1.63 bits per heavy atom. The van der Waals surface area contributed by atoms with Crippen LogP contribution in [0.15, 0.2) is 34.5 Å². The normalized spacial score (nSPS) is 39.5. The van der Waals surface area contributed by atoms with E-state index in [1.807, 2.05) is 69.2 Å². The average molecular weight is 735 g/mol. The van der Waals surface area contributed by atoms with E-state index in [2.05, 4.69) is 10.2 Å². The third-order valence-corrected chi connectivity index (χ3v) is 10.8. The molecule has 1 aromatic rings. The fraction of sp³-hybridized carbons (Fsp3) is 0.737. The van der Waals surface area contributed by atoms with Gasteiger partial charge in [-0.25, -0.2) is 0 Å². The summed E-state index contributed by atoms with van der Waals surface area (Å²) in [7, 11) is 9.03. The number of Topliss-reactive ketones (excluding diaryl/α,β-unsaturated/α-hetero) is 1. The van der Waals surface area contributed by atoms with Crippen molar-refractivity contribution >= 4 is 29.4 Å². The van der Waals surface area contributed by atoms with E-state index in [9.17, 15) is 30.0 Å². The molecule has 4 N–H and O–H groups in total. The van der Waals surface area contributed by atoms with Crippen LogP contribution in [-0.4, -0.2) is 144 Å². The Bertz CT molecular complexity index is 1400. The summed E-state index contributed by atoms with van der Waals surface area (Å²) in [6, 6.07) is 7.26. The van der Waals surface area contributed by atoms with Crippen LogP contribution in [-0.2, 0) is 28.5 Å². The van der Waals surface area contributed by atoms with E-state index in [4.69, 9.17) is 18.9 Å². The topological polar surface area (TPSA) is 183 Å². The van der Waals surface area contributed by atoms with Crippen molar-refractivity contribution in [1.82, 2.24) is 4.90 Å². The molecule has 14 heteroatoms. The maximum atomic E-state index is 14.1. The van der Waals surface area contributed by atoms with Crippen molar-refractivity contribution in [2.75, 3.05) is 40.2 Å². The Balaban J connectivity index is 2.17. The minimum Gasteiger partial charge on any atom is -0.459 e. The number of cyclic esters (lactones) is 1. The Morgan fingerprint density at radius 1 is 1.02 bits per heavy atom. The van der Waals surface area contributed by atoms with Crippen LogP contribution in [0, 0.1) is 17.8 Å². The molecular weight excluding hydrogens is 672 g/mol. The molecule has 52 heavy (non-hydrogen) atoms. The summed E-state index contributed by atoms with van der Waals surface area (Å²) in [6.45, 7) is 11.3. The van der Waals surface area contributed by atoms with E-state index in [0.717, 1.165) is 11.3 Å². The summed E-state index contributed by atoms with van der Waals surface area (Å²) in [4.78, 5) is 31.5. The fourth-order valence-corrected chi connectivity index (χ4v) is 7.28. The summed E-state index contributed by atoms with van der Waals surface area (Å²) in [5, 5.41) is 54.9. The van der Waals surface area contributed by atoms with Gasteiger partial charge in [-0.1, -0.05) is 32.9 Å². The van der Waals surface area contributed by atoms with Crippen molar-refractivity contribution in [3.05, 3.63) is 29.8 Å². The van der Waals surface area contributed by atoms with Gasteiger partial charge >= 0.3 is 5.97 Å². The molecule has 3 rings (SSSR count). The molecule has 1 unspecified atom stereocenters. The van der Waals surface area contributed by atoms with Gasteiger partial charge in [0.2, 0.25) is 0 Å². The van der Waals surface area contributed by atoms with Crippen molar-refractivity contribution in [3.8, 4) is 0 Å². The zero-order chi connectivity index (χ0) is 39.3. The summed E-state index contributed by atoms with van der Waals surface area (Å²) in [5.41, 5.74) is -1.75. The second-order valence-corrected chi connectivity index (χ2v) is 15.4. The summed E-state index contributed by atoms with van der Waals surface area (Å²) in [6.07, 6.45) is -6.35. The monoisotopic (exact) mass is 734 g/mol. The molecule has 0 spiro atoms. The number of methoxy groups -OCH3 is 1. The lowest BCUT2D eigenvalue weighted by Crippen LogP contribution is -2.60. The molecule has 0 amide bonds. The minimum atomic E-state index is -2.15. The van der Waals surface area contributed by atoms with Crippen molar-refractivity contribution in [1.29, 1.82) is 0 Å². The Hall–Kier alpha value is -2.82. The number of carbonyl (C=O) groups is 2. The number of likely N-dealkylation sites (N-methyl/N-ethyl adjacent to an activating group) is 1. The van der Waals surface area contributed by atoms with Crippen LogP contribution in [0.25, 0.3) is 0 Å². The maximum absolute atomic E-state index is 14.1. The number of ketones is 1. The van der Waals surface area contributed by atoms with Crippen LogP contribution in [0.5, 0.6) is 0 Å². The van der Waals surface area contributed by atoms with Crippen LogP contribution in [0.2, 0.25) is 0 Å². The molecule has 0 aliphatic carbocycles. The highest BCUT2D eigenvalue weighted by Crippen LogP contribution is 2.38. The number of rotatable bonds is 8. The molecule has 1 aromatic carbocycles. The smallest absolute Gasteiger partial charge is 0.316 e. The zero-order valence-corrected chi connectivity index (χ0v) is 32.9. The molecule has 0 saturated carbocycles. The second kappa shape index (κ2) is 18.0. The van der Waals surface area contributed by atoms with Gasteiger partial charge in [0.1, 0.15) is 35.9 Å². The van der Waals surface area contributed by atoms with Crippen LogP contribution in [0.4, 0.5) is 5.69 Å². The highest BCUT2D eigenvalue weighted by atomic mass is 16.7. The molecule has 2 aliphatic rings. The SMILES string of the molecule is CC[C@H]1OC(=O)[C@H](C)C(=O)[C@H](C)C(O[C@@H]2O[C@H](C)C[C@H](N(C)C)[C@H]2O)[C@](C)(OC)C[C@@H](C)/C(=N/N=C\c2ccc(N(C)C)cc2)[C@H](O)[C@@H](O)[C@]1(C)O. The number of aliphatic hydroxyl groups excluding tert-OH is 3. The van der Waals surface area contributed by atoms with Gasteiger partial charge < -0.3 is 49.2 Å². The van der Waals surface area contributed by atoms with E-state index in [1.165, 1.54) is 27.2 Å². The van der Waals surface area contributed by atoms with Crippen molar-refractivity contribution in [2.24, 2.45) is 28.0 Å². The number of hydrogen-bond acceptors (Lipinski definition) is 14. The molecule has 2 saturated heterocycles. The van der Waals surface area contributed by atoms with Crippen LogP contribution < -0.4 is 4.90 Å². The Labute approximate surface area is 308 Å². The number of anilines is 1. The summed E-state index contributed by atoms with van der Waals surface area (Å²) >= 11 is 0. The van der Waals surface area contributed by atoms with Gasteiger partial charge in [-0.2, -0.15) is 10.2 Å². The lowest BCUT2D eigenvalue weighted by atomic mass is 9.75. The number of esters is 1.